The fourth-order valence-electron chi connectivity index (χ4n) is 1.13. The molecule has 0 aliphatic heterocycles. The Morgan fingerprint density at radius 1 is 1.46 bits per heavy atom. The van der Waals surface area contributed by atoms with Crippen molar-refractivity contribution >= 4 is 28.7 Å². The van der Waals surface area contributed by atoms with Crippen molar-refractivity contribution in [2.24, 2.45) is 0 Å². The smallest absolute Gasteiger partial charge is 0.115 e. The predicted octanol–water partition coefficient (Wildman–Crippen LogP) is 0.956. The third-order valence-corrected chi connectivity index (χ3v) is 2.09. The number of hydrogen-bond acceptors (Lipinski definition) is 3. The van der Waals surface area contributed by atoms with Gasteiger partial charge < -0.3 is 0 Å². The number of benzene rings is 1. The Labute approximate surface area is 80.7 Å². The minimum atomic E-state index is 0.867. The molecule has 13 heavy (non-hydrogen) atoms. The van der Waals surface area contributed by atoms with Crippen molar-refractivity contribution in [2.75, 3.05) is 12.1 Å². The number of fused-ring (bicyclic) bond motifs is 1. The Morgan fingerprint density at radius 2 is 2.23 bits per heavy atom. The number of thiocarbonyl (C=S) groups is 1. The van der Waals surface area contributed by atoms with Crippen LogP contribution in [-0.2, 0) is 0 Å². The molecule has 4 nitrogen and oxygen atoms in total. The number of para-hydroxylation sites is 1. The van der Waals surface area contributed by atoms with E-state index in [1.54, 1.807) is 9.80 Å². The summed E-state index contributed by atoms with van der Waals surface area (Å²) in [6, 6.07) is 7.74. The molecule has 1 aromatic heterocycles. The van der Waals surface area contributed by atoms with E-state index in [9.17, 15) is 0 Å². The molecule has 0 aliphatic carbocycles. The van der Waals surface area contributed by atoms with Crippen LogP contribution in [0, 0.1) is 0 Å². The molecule has 0 N–H and O–H groups in total. The van der Waals surface area contributed by atoms with E-state index in [1.165, 1.54) is 5.49 Å². The minimum absolute atomic E-state index is 0.867. The number of nitrogens with zero attached hydrogens (tertiary/aromatic N) is 4. The maximum absolute atomic E-state index is 4.80. The lowest BCUT2D eigenvalue weighted by Gasteiger charge is -2.11. The van der Waals surface area contributed by atoms with Crippen LogP contribution in [0.15, 0.2) is 24.3 Å². The van der Waals surface area contributed by atoms with Crippen molar-refractivity contribution in [1.82, 2.24) is 15.1 Å². The standard InChI is InChI=1S/C8H8N4S/c1-11(6-13)12-8-5-3-2-4-7(8)9-10-12/h2-6H,1H3. The van der Waals surface area contributed by atoms with E-state index in [-0.39, 0.29) is 0 Å². The van der Waals surface area contributed by atoms with E-state index >= 15 is 0 Å². The highest BCUT2D eigenvalue weighted by atomic mass is 32.1. The van der Waals surface area contributed by atoms with Crippen LogP contribution in [-0.4, -0.2) is 27.6 Å². The monoisotopic (exact) mass is 192 g/mol. The third kappa shape index (κ3) is 1.27. The maximum atomic E-state index is 4.80. The van der Waals surface area contributed by atoms with Crippen LogP contribution >= 0.6 is 12.2 Å². The van der Waals surface area contributed by atoms with Crippen LogP contribution in [0.2, 0.25) is 0 Å². The first-order valence-electron chi connectivity index (χ1n) is 3.82. The van der Waals surface area contributed by atoms with E-state index in [4.69, 9.17) is 12.2 Å². The average Bonchev–Trinajstić information content (AvgIpc) is 2.60. The van der Waals surface area contributed by atoms with E-state index in [1.807, 2.05) is 31.3 Å². The van der Waals surface area contributed by atoms with Gasteiger partial charge in [0.25, 0.3) is 0 Å². The van der Waals surface area contributed by atoms with Gasteiger partial charge in [0.15, 0.2) is 0 Å². The van der Waals surface area contributed by atoms with Gasteiger partial charge in [-0.2, -0.15) is 4.79 Å². The van der Waals surface area contributed by atoms with E-state index in [0.29, 0.717) is 0 Å². The van der Waals surface area contributed by atoms with E-state index in [2.05, 4.69) is 10.3 Å². The van der Waals surface area contributed by atoms with Crippen molar-refractivity contribution in [2.45, 2.75) is 0 Å². The van der Waals surface area contributed by atoms with Gasteiger partial charge in [-0.25, -0.2) is 0 Å². The number of hydrogen-bond donors (Lipinski definition) is 0. The molecule has 0 bridgehead atoms. The van der Waals surface area contributed by atoms with Gasteiger partial charge in [0, 0.05) is 7.05 Å². The first-order chi connectivity index (χ1) is 6.33. The second-order valence-electron chi connectivity index (χ2n) is 2.65. The molecule has 0 radical (unpaired) electrons. The molecule has 0 amide bonds. The Morgan fingerprint density at radius 3 is 3.00 bits per heavy atom. The highest BCUT2D eigenvalue weighted by molar-refractivity contribution is 7.79. The molecule has 0 aliphatic rings. The lowest BCUT2D eigenvalue weighted by atomic mass is 10.3. The SMILES string of the molecule is CN(C=S)n1nnc2ccccc21. The number of aromatic nitrogens is 3. The van der Waals surface area contributed by atoms with Gasteiger partial charge in [0.1, 0.15) is 11.0 Å². The summed E-state index contributed by atoms with van der Waals surface area (Å²) in [5, 5.41) is 9.65. The molecule has 0 spiro atoms. The molecular formula is C8H8N4S. The molecule has 0 atom stereocenters. The zero-order chi connectivity index (χ0) is 9.26. The van der Waals surface area contributed by atoms with Gasteiger partial charge in [0.2, 0.25) is 0 Å². The van der Waals surface area contributed by atoms with E-state index < -0.39 is 0 Å². The Kier molecular flexibility index (Phi) is 1.94. The molecule has 1 heterocycles. The normalized spacial score (nSPS) is 10.2. The molecule has 0 unspecified atom stereocenters. The van der Waals surface area contributed by atoms with Crippen LogP contribution in [0.1, 0.15) is 0 Å². The van der Waals surface area contributed by atoms with Gasteiger partial charge in [-0.15, -0.1) is 5.10 Å². The van der Waals surface area contributed by atoms with Gasteiger partial charge in [-0.3, -0.25) is 5.01 Å². The Hall–Kier alpha value is -1.49. The van der Waals surface area contributed by atoms with Crippen LogP contribution in [0.4, 0.5) is 0 Å². The first-order valence-corrected chi connectivity index (χ1v) is 4.29. The molecule has 2 rings (SSSR count). The average molecular weight is 192 g/mol. The molecule has 0 saturated carbocycles. The molecule has 2 aromatic rings. The van der Waals surface area contributed by atoms with Crippen molar-refractivity contribution < 1.29 is 0 Å². The van der Waals surface area contributed by atoms with Crippen LogP contribution in [0.5, 0.6) is 0 Å². The maximum Gasteiger partial charge on any atom is 0.115 e. The van der Waals surface area contributed by atoms with Gasteiger partial charge in [-0.1, -0.05) is 24.4 Å². The quantitative estimate of drug-likeness (QED) is 0.664. The fourth-order valence-corrected chi connectivity index (χ4v) is 1.22. The summed E-state index contributed by atoms with van der Waals surface area (Å²) in [6.07, 6.45) is 0. The van der Waals surface area contributed by atoms with Crippen molar-refractivity contribution in [3.63, 3.8) is 0 Å². The lowest BCUT2D eigenvalue weighted by Crippen LogP contribution is -2.28. The zero-order valence-corrected chi connectivity index (χ0v) is 7.90. The van der Waals surface area contributed by atoms with Crippen molar-refractivity contribution in [3.8, 4) is 0 Å². The molecule has 1 aromatic carbocycles. The summed E-state index contributed by atoms with van der Waals surface area (Å²) >= 11 is 4.80. The van der Waals surface area contributed by atoms with Gasteiger partial charge in [0.05, 0.1) is 5.49 Å². The summed E-state index contributed by atoms with van der Waals surface area (Å²) in [4.78, 5) is 1.66. The Balaban J connectivity index is 2.64. The molecule has 5 heteroatoms. The summed E-state index contributed by atoms with van der Waals surface area (Å²) in [5.41, 5.74) is 3.33. The van der Waals surface area contributed by atoms with E-state index in [0.717, 1.165) is 11.0 Å². The first kappa shape index (κ1) is 8.12. The molecule has 0 saturated heterocycles. The second-order valence-corrected chi connectivity index (χ2v) is 2.86. The van der Waals surface area contributed by atoms with Crippen molar-refractivity contribution in [3.05, 3.63) is 24.3 Å². The van der Waals surface area contributed by atoms with Gasteiger partial charge in [-0.05, 0) is 17.3 Å². The molecule has 0 fully saturated rings. The Bertz CT molecular complexity index is 436. The fraction of sp³-hybridized carbons (Fsp3) is 0.125. The lowest BCUT2D eigenvalue weighted by molar-refractivity contribution is 0.681. The largest absolute Gasteiger partial charge is 0.263 e. The second kappa shape index (κ2) is 3.10. The highest BCUT2D eigenvalue weighted by Crippen LogP contribution is 2.08. The van der Waals surface area contributed by atoms with Crippen LogP contribution in [0.3, 0.4) is 0 Å². The molecule has 66 valence electrons. The molecular weight excluding hydrogens is 184 g/mol. The summed E-state index contributed by atoms with van der Waals surface area (Å²) < 4.78 is 0. The van der Waals surface area contributed by atoms with Crippen molar-refractivity contribution in [1.29, 1.82) is 0 Å². The summed E-state index contributed by atoms with van der Waals surface area (Å²) in [6.45, 7) is 0. The predicted molar refractivity (Wildman–Crippen MR) is 55.3 cm³/mol. The van der Waals surface area contributed by atoms with Crippen LogP contribution < -0.4 is 5.01 Å². The highest BCUT2D eigenvalue weighted by Gasteiger charge is 2.04. The third-order valence-electron chi connectivity index (χ3n) is 1.79. The topological polar surface area (TPSA) is 34.0 Å². The zero-order valence-electron chi connectivity index (χ0n) is 7.08. The summed E-state index contributed by atoms with van der Waals surface area (Å²) in [5.74, 6) is 0. The van der Waals surface area contributed by atoms with Crippen LogP contribution in [0.25, 0.3) is 11.0 Å². The minimum Gasteiger partial charge on any atom is -0.263 e. The number of rotatable bonds is 2. The van der Waals surface area contributed by atoms with Gasteiger partial charge >= 0.3 is 0 Å². The summed E-state index contributed by atoms with van der Waals surface area (Å²) in [7, 11) is 1.83.